The topological polar surface area (TPSA) is 68.3 Å². The van der Waals surface area contributed by atoms with Crippen molar-refractivity contribution in [1.29, 1.82) is 0 Å². The van der Waals surface area contributed by atoms with Gasteiger partial charge in [-0.25, -0.2) is 9.59 Å². The number of carbonyl (C=O) groups is 2. The summed E-state index contributed by atoms with van der Waals surface area (Å²) in [5.74, 6) is -0.585. The highest BCUT2D eigenvalue weighted by molar-refractivity contribution is 5.83. The molecule has 0 atom stereocenters. The van der Waals surface area contributed by atoms with Crippen molar-refractivity contribution in [1.82, 2.24) is 9.80 Å². The minimum atomic E-state index is -0.309. The predicted molar refractivity (Wildman–Crippen MR) is 183 cm³/mol. The van der Waals surface area contributed by atoms with Gasteiger partial charge in [0.2, 0.25) is 0 Å². The summed E-state index contributed by atoms with van der Waals surface area (Å²) in [6, 6.07) is 0. The third kappa shape index (κ3) is 18.8. The highest BCUT2D eigenvalue weighted by Crippen LogP contribution is 2.40. The van der Waals surface area contributed by atoms with Gasteiger partial charge >= 0.3 is 11.9 Å². The molecule has 0 aromatic rings. The van der Waals surface area contributed by atoms with E-state index in [9.17, 15) is 9.59 Å². The first-order valence-electron chi connectivity index (χ1n) is 16.1. The van der Waals surface area contributed by atoms with Gasteiger partial charge in [0.1, 0.15) is 0 Å². The van der Waals surface area contributed by atoms with E-state index in [-0.39, 0.29) is 17.4 Å². The van der Waals surface area contributed by atoms with Gasteiger partial charge in [-0.05, 0) is 97.4 Å². The number of esters is 2. The third-order valence-electron chi connectivity index (χ3n) is 7.62. The summed E-state index contributed by atoms with van der Waals surface area (Å²) in [6.45, 7) is 20.1. The Hall–Kier alpha value is -2.74. The largest absolute Gasteiger partial charge is 0.462 e. The number of rotatable bonds is 20. The molecule has 0 heterocycles. The molecule has 44 heavy (non-hydrogen) atoms. The summed E-state index contributed by atoms with van der Waals surface area (Å²) in [4.78, 5) is 28.0. The lowest BCUT2D eigenvalue weighted by Gasteiger charge is -2.32. The van der Waals surface area contributed by atoms with Crippen LogP contribution in [0.25, 0.3) is 0 Å². The van der Waals surface area contributed by atoms with Gasteiger partial charge in [0.25, 0.3) is 0 Å². The number of nitrogens with zero attached hydrogens (tertiary/aromatic N) is 2. The van der Waals surface area contributed by atoms with Gasteiger partial charge in [-0.3, -0.25) is 0 Å². The fraction of sp³-hybridized carbons (Fsp3) is 0.622. The van der Waals surface area contributed by atoms with Crippen LogP contribution in [0.1, 0.15) is 80.6 Å². The third-order valence-corrected chi connectivity index (χ3v) is 7.62. The van der Waals surface area contributed by atoms with Crippen LogP contribution < -0.4 is 0 Å². The average molecular weight is 613 g/mol. The van der Waals surface area contributed by atoms with Crippen LogP contribution in [0.2, 0.25) is 0 Å². The molecule has 0 N–H and O–H groups in total. The van der Waals surface area contributed by atoms with E-state index in [0.717, 1.165) is 50.2 Å². The van der Waals surface area contributed by atoms with Gasteiger partial charge in [0, 0.05) is 38.3 Å². The van der Waals surface area contributed by atoms with Gasteiger partial charge in [-0.15, -0.1) is 0 Å². The summed E-state index contributed by atoms with van der Waals surface area (Å²) in [6.07, 6.45) is 18.8. The number of likely N-dealkylation sites (N-methyl/N-ethyl adjacent to an activating group) is 2. The van der Waals surface area contributed by atoms with Gasteiger partial charge in [0.15, 0.2) is 0 Å². The molecule has 0 spiro atoms. The highest BCUT2D eigenvalue weighted by Gasteiger charge is 2.26. The second-order valence-corrected chi connectivity index (χ2v) is 12.9. The van der Waals surface area contributed by atoms with E-state index < -0.39 is 0 Å². The number of carbonyl (C=O) groups excluding carboxylic acids is 2. The van der Waals surface area contributed by atoms with E-state index in [1.165, 1.54) is 42.1 Å². The van der Waals surface area contributed by atoms with Crippen LogP contribution in [0.4, 0.5) is 0 Å². The highest BCUT2D eigenvalue weighted by atomic mass is 16.5. The van der Waals surface area contributed by atoms with Crippen LogP contribution in [-0.2, 0) is 23.8 Å². The monoisotopic (exact) mass is 612 g/mol. The summed E-state index contributed by atoms with van der Waals surface area (Å²) in [7, 11) is 4.08. The molecular weight excluding hydrogens is 552 g/mol. The summed E-state index contributed by atoms with van der Waals surface area (Å²) in [5.41, 5.74) is 6.17. The zero-order valence-corrected chi connectivity index (χ0v) is 29.2. The summed E-state index contributed by atoms with van der Waals surface area (Å²) < 4.78 is 16.3. The van der Waals surface area contributed by atoms with Crippen LogP contribution in [-0.4, -0.2) is 88.4 Å². The molecule has 0 aliphatic heterocycles. The maximum Gasteiger partial charge on any atom is 0.331 e. The average Bonchev–Trinajstić information content (AvgIpc) is 2.92. The number of allylic oxidation sites excluding steroid dienone is 10. The maximum atomic E-state index is 12.2. The van der Waals surface area contributed by atoms with Crippen molar-refractivity contribution in [3.63, 3.8) is 0 Å². The summed E-state index contributed by atoms with van der Waals surface area (Å²) in [5, 5.41) is 0. The Morgan fingerprint density at radius 2 is 1.36 bits per heavy atom. The molecule has 7 nitrogen and oxygen atoms in total. The zero-order chi connectivity index (χ0) is 33.0. The Balaban J connectivity index is 2.18. The first kappa shape index (κ1) is 39.3. The second kappa shape index (κ2) is 21.9. The van der Waals surface area contributed by atoms with Crippen molar-refractivity contribution < 1.29 is 23.8 Å². The molecule has 0 saturated heterocycles. The van der Waals surface area contributed by atoms with E-state index in [1.54, 1.807) is 6.08 Å². The number of hydrogen-bond acceptors (Lipinski definition) is 7. The Kier molecular flexibility index (Phi) is 19.5. The molecule has 7 heteroatoms. The van der Waals surface area contributed by atoms with Crippen molar-refractivity contribution in [3.8, 4) is 0 Å². The van der Waals surface area contributed by atoms with Crippen molar-refractivity contribution in [2.45, 2.75) is 80.6 Å². The fourth-order valence-corrected chi connectivity index (χ4v) is 4.97. The molecule has 0 unspecified atom stereocenters. The van der Waals surface area contributed by atoms with Gasteiger partial charge in [-0.2, -0.15) is 0 Å². The molecule has 0 bridgehead atoms. The van der Waals surface area contributed by atoms with Crippen molar-refractivity contribution in [3.05, 3.63) is 70.4 Å². The molecule has 1 rings (SSSR count). The van der Waals surface area contributed by atoms with Crippen molar-refractivity contribution in [2.24, 2.45) is 5.41 Å². The van der Waals surface area contributed by atoms with E-state index in [0.29, 0.717) is 26.4 Å². The smallest absolute Gasteiger partial charge is 0.331 e. The molecule has 0 amide bonds. The maximum absolute atomic E-state index is 12.2. The van der Waals surface area contributed by atoms with Crippen LogP contribution in [0.3, 0.4) is 0 Å². The predicted octanol–water partition coefficient (Wildman–Crippen LogP) is 7.23. The zero-order valence-electron chi connectivity index (χ0n) is 29.2. The SMILES string of the molecule is CC(C)=CC(=O)OCCCN(C)CCOCCN(C)CCCOC(=O)/C=C(C)/C=C/C=C(C)/C=C/C1=C(C)CCCC1(C)C. The van der Waals surface area contributed by atoms with Crippen molar-refractivity contribution >= 4 is 11.9 Å². The first-order valence-corrected chi connectivity index (χ1v) is 16.1. The van der Waals surface area contributed by atoms with Gasteiger partial charge < -0.3 is 24.0 Å². The Labute approximate surface area is 268 Å². The van der Waals surface area contributed by atoms with Gasteiger partial charge in [-0.1, -0.05) is 60.9 Å². The van der Waals surface area contributed by atoms with E-state index in [1.807, 2.05) is 47.0 Å². The number of hydrogen-bond donors (Lipinski definition) is 0. The van der Waals surface area contributed by atoms with E-state index in [4.69, 9.17) is 14.2 Å². The quantitative estimate of drug-likeness (QED) is 0.0622. The van der Waals surface area contributed by atoms with E-state index >= 15 is 0 Å². The van der Waals surface area contributed by atoms with E-state index in [2.05, 4.69) is 55.7 Å². The van der Waals surface area contributed by atoms with Crippen LogP contribution >= 0.6 is 0 Å². The second-order valence-electron chi connectivity index (χ2n) is 12.9. The van der Waals surface area contributed by atoms with Crippen LogP contribution in [0, 0.1) is 5.41 Å². The lowest BCUT2D eigenvalue weighted by atomic mass is 9.72. The molecule has 1 aliphatic carbocycles. The minimum Gasteiger partial charge on any atom is -0.462 e. The minimum absolute atomic E-state index is 0.240. The summed E-state index contributed by atoms with van der Waals surface area (Å²) >= 11 is 0. The van der Waals surface area contributed by atoms with Crippen LogP contribution in [0.15, 0.2) is 70.4 Å². The fourth-order valence-electron chi connectivity index (χ4n) is 4.97. The lowest BCUT2D eigenvalue weighted by Crippen LogP contribution is -2.28. The Morgan fingerprint density at radius 1 is 0.795 bits per heavy atom. The van der Waals surface area contributed by atoms with Crippen LogP contribution in [0.5, 0.6) is 0 Å². The first-order chi connectivity index (χ1) is 20.8. The normalized spacial score (nSPS) is 16.0. The van der Waals surface area contributed by atoms with Crippen molar-refractivity contribution in [2.75, 3.05) is 66.7 Å². The molecule has 0 aromatic carbocycles. The Morgan fingerprint density at radius 3 is 1.91 bits per heavy atom. The number of ether oxygens (including phenoxy) is 3. The van der Waals surface area contributed by atoms with Gasteiger partial charge in [0.05, 0.1) is 26.4 Å². The molecule has 248 valence electrons. The molecule has 0 fully saturated rings. The molecule has 0 saturated carbocycles. The standard InChI is InChI=1S/C37H60N2O5/c1-30(2)28-35(40)43-24-12-20-38(8)22-26-42-27-23-39(9)21-13-25-44-36(41)29-32(4)15-10-14-31(3)17-18-34-33(5)16-11-19-37(34,6)7/h10,14-15,17-18,28-29H,11-13,16,19-27H2,1-9H3/b15-10+,18-17+,31-14+,32-29+. The molecule has 0 aromatic heterocycles. The molecular formula is C37H60N2O5. The molecule has 1 aliphatic rings. The molecule has 0 radical (unpaired) electrons. The Bertz CT molecular complexity index is 1070. The lowest BCUT2D eigenvalue weighted by molar-refractivity contribution is -0.138.